The van der Waals surface area contributed by atoms with Crippen LogP contribution in [0.4, 0.5) is 5.69 Å². The second-order valence-corrected chi connectivity index (χ2v) is 5.23. The van der Waals surface area contributed by atoms with Gasteiger partial charge in [0.25, 0.3) is 0 Å². The Labute approximate surface area is 110 Å². The molecule has 0 radical (unpaired) electrons. The third-order valence-electron chi connectivity index (χ3n) is 2.84. The Balaban J connectivity index is 3.23. The van der Waals surface area contributed by atoms with Gasteiger partial charge in [0.15, 0.2) is 5.11 Å². The van der Waals surface area contributed by atoms with E-state index in [0.29, 0.717) is 16.9 Å². The molecule has 2 nitrogen and oxygen atoms in total. The predicted molar refractivity (Wildman–Crippen MR) is 79.9 cm³/mol. The Morgan fingerprint density at radius 3 is 1.88 bits per heavy atom. The molecule has 17 heavy (non-hydrogen) atoms. The SMILES string of the molecule is CNC(=S)Nc1c(C(C)C)cccc1C(C)C. The van der Waals surface area contributed by atoms with Gasteiger partial charge in [-0.2, -0.15) is 0 Å². The molecule has 0 atom stereocenters. The molecule has 0 spiro atoms. The summed E-state index contributed by atoms with van der Waals surface area (Å²) < 4.78 is 0. The summed E-state index contributed by atoms with van der Waals surface area (Å²) in [5, 5.41) is 6.94. The maximum absolute atomic E-state index is 5.21. The lowest BCUT2D eigenvalue weighted by molar-refractivity contribution is 0.838. The quantitative estimate of drug-likeness (QED) is 0.797. The second-order valence-electron chi connectivity index (χ2n) is 4.82. The van der Waals surface area contributed by atoms with Gasteiger partial charge in [-0.1, -0.05) is 45.9 Å². The lowest BCUT2D eigenvalue weighted by atomic mass is 9.93. The minimum Gasteiger partial charge on any atom is -0.366 e. The van der Waals surface area contributed by atoms with Gasteiger partial charge in [0.1, 0.15) is 0 Å². The highest BCUT2D eigenvalue weighted by atomic mass is 32.1. The van der Waals surface area contributed by atoms with Crippen LogP contribution in [-0.4, -0.2) is 12.2 Å². The van der Waals surface area contributed by atoms with Crippen LogP contribution in [0.3, 0.4) is 0 Å². The molecule has 0 fully saturated rings. The highest BCUT2D eigenvalue weighted by Crippen LogP contribution is 2.32. The summed E-state index contributed by atoms with van der Waals surface area (Å²) in [4.78, 5) is 0. The number of rotatable bonds is 3. The molecule has 0 saturated carbocycles. The topological polar surface area (TPSA) is 24.1 Å². The number of hydrogen-bond donors (Lipinski definition) is 2. The predicted octanol–water partition coefficient (Wildman–Crippen LogP) is 3.85. The van der Waals surface area contributed by atoms with Crippen molar-refractivity contribution < 1.29 is 0 Å². The maximum Gasteiger partial charge on any atom is 0.170 e. The minimum atomic E-state index is 0.482. The molecular weight excluding hydrogens is 228 g/mol. The minimum absolute atomic E-state index is 0.482. The van der Waals surface area contributed by atoms with Crippen molar-refractivity contribution in [2.75, 3.05) is 12.4 Å². The van der Waals surface area contributed by atoms with Gasteiger partial charge >= 0.3 is 0 Å². The molecule has 1 rings (SSSR count). The Morgan fingerprint density at radius 2 is 1.53 bits per heavy atom. The van der Waals surface area contributed by atoms with Crippen LogP contribution in [0.2, 0.25) is 0 Å². The third kappa shape index (κ3) is 3.43. The summed E-state index contributed by atoms with van der Waals surface area (Å²) in [5.74, 6) is 0.965. The van der Waals surface area contributed by atoms with Crippen LogP contribution >= 0.6 is 12.2 Å². The van der Waals surface area contributed by atoms with Crippen LogP contribution in [-0.2, 0) is 0 Å². The van der Waals surface area contributed by atoms with Gasteiger partial charge in [0.05, 0.1) is 0 Å². The average molecular weight is 250 g/mol. The third-order valence-corrected chi connectivity index (χ3v) is 3.14. The van der Waals surface area contributed by atoms with Crippen molar-refractivity contribution in [2.45, 2.75) is 39.5 Å². The van der Waals surface area contributed by atoms with Gasteiger partial charge < -0.3 is 10.6 Å². The Morgan fingerprint density at radius 1 is 1.06 bits per heavy atom. The van der Waals surface area contributed by atoms with Gasteiger partial charge in [0, 0.05) is 12.7 Å². The molecule has 0 saturated heterocycles. The fraction of sp³-hybridized carbons (Fsp3) is 0.500. The van der Waals surface area contributed by atoms with E-state index < -0.39 is 0 Å². The maximum atomic E-state index is 5.21. The molecule has 0 aliphatic heterocycles. The number of benzene rings is 1. The van der Waals surface area contributed by atoms with E-state index in [2.05, 4.69) is 56.5 Å². The molecular formula is C14H22N2S. The molecule has 0 heterocycles. The van der Waals surface area contributed by atoms with Crippen molar-refractivity contribution in [1.29, 1.82) is 0 Å². The van der Waals surface area contributed by atoms with E-state index in [4.69, 9.17) is 12.2 Å². The number of para-hydroxylation sites is 1. The number of thiocarbonyl (C=S) groups is 1. The van der Waals surface area contributed by atoms with Crippen LogP contribution in [0.5, 0.6) is 0 Å². The van der Waals surface area contributed by atoms with E-state index in [9.17, 15) is 0 Å². The Bertz CT molecular complexity index is 371. The van der Waals surface area contributed by atoms with Crippen molar-refractivity contribution in [1.82, 2.24) is 5.32 Å². The highest BCUT2D eigenvalue weighted by Gasteiger charge is 2.13. The lowest BCUT2D eigenvalue weighted by Crippen LogP contribution is -2.25. The fourth-order valence-corrected chi connectivity index (χ4v) is 1.97. The van der Waals surface area contributed by atoms with E-state index in [1.54, 1.807) is 0 Å². The first-order chi connectivity index (χ1) is 7.97. The standard InChI is InChI=1S/C14H22N2S/c1-9(2)11-7-6-8-12(10(3)4)13(11)16-14(17)15-5/h6-10H,1-5H3,(H2,15,16,17). The first-order valence-corrected chi connectivity index (χ1v) is 6.49. The zero-order valence-corrected chi connectivity index (χ0v) is 12.1. The van der Waals surface area contributed by atoms with E-state index >= 15 is 0 Å². The van der Waals surface area contributed by atoms with E-state index in [0.717, 1.165) is 5.69 Å². The molecule has 0 aliphatic rings. The van der Waals surface area contributed by atoms with Crippen LogP contribution in [0, 0.1) is 0 Å². The summed E-state index contributed by atoms with van der Waals surface area (Å²) in [6, 6.07) is 6.45. The van der Waals surface area contributed by atoms with Gasteiger partial charge in [-0.3, -0.25) is 0 Å². The number of hydrogen-bond acceptors (Lipinski definition) is 1. The zero-order valence-electron chi connectivity index (χ0n) is 11.3. The monoisotopic (exact) mass is 250 g/mol. The van der Waals surface area contributed by atoms with Gasteiger partial charge in [0.2, 0.25) is 0 Å². The summed E-state index contributed by atoms with van der Waals surface area (Å²) in [6.45, 7) is 8.81. The van der Waals surface area contributed by atoms with Crippen molar-refractivity contribution in [3.05, 3.63) is 29.3 Å². The molecule has 2 N–H and O–H groups in total. The molecule has 0 aliphatic carbocycles. The van der Waals surface area contributed by atoms with E-state index in [-0.39, 0.29) is 0 Å². The summed E-state index contributed by atoms with van der Waals surface area (Å²) in [7, 11) is 1.84. The lowest BCUT2D eigenvalue weighted by Gasteiger charge is -2.20. The van der Waals surface area contributed by atoms with Crippen molar-refractivity contribution in [3.63, 3.8) is 0 Å². The first-order valence-electron chi connectivity index (χ1n) is 6.08. The summed E-state index contributed by atoms with van der Waals surface area (Å²) in [6.07, 6.45) is 0. The average Bonchev–Trinajstić information content (AvgIpc) is 2.28. The highest BCUT2D eigenvalue weighted by molar-refractivity contribution is 7.80. The number of anilines is 1. The van der Waals surface area contributed by atoms with Crippen LogP contribution in [0.15, 0.2) is 18.2 Å². The van der Waals surface area contributed by atoms with Crippen LogP contribution in [0.1, 0.15) is 50.7 Å². The van der Waals surface area contributed by atoms with E-state index in [1.807, 2.05) is 7.05 Å². The van der Waals surface area contributed by atoms with Crippen molar-refractivity contribution in [3.8, 4) is 0 Å². The molecule has 94 valence electrons. The fourth-order valence-electron chi connectivity index (χ4n) is 1.87. The second kappa shape index (κ2) is 6.01. The molecule has 3 heteroatoms. The first kappa shape index (κ1) is 14.0. The smallest absolute Gasteiger partial charge is 0.170 e. The van der Waals surface area contributed by atoms with Crippen molar-refractivity contribution in [2.24, 2.45) is 0 Å². The van der Waals surface area contributed by atoms with Gasteiger partial charge in [-0.25, -0.2) is 0 Å². The number of nitrogens with one attached hydrogen (secondary N) is 2. The molecule has 0 unspecified atom stereocenters. The van der Waals surface area contributed by atoms with Crippen molar-refractivity contribution >= 4 is 23.0 Å². The van der Waals surface area contributed by atoms with Gasteiger partial charge in [-0.15, -0.1) is 0 Å². The molecule has 1 aromatic rings. The zero-order chi connectivity index (χ0) is 13.0. The van der Waals surface area contributed by atoms with Crippen LogP contribution in [0.25, 0.3) is 0 Å². The normalized spacial score (nSPS) is 10.8. The summed E-state index contributed by atoms with van der Waals surface area (Å²) >= 11 is 5.21. The molecule has 1 aromatic carbocycles. The molecule has 0 amide bonds. The Kier molecular flexibility index (Phi) is 4.94. The van der Waals surface area contributed by atoms with Crippen LogP contribution < -0.4 is 10.6 Å². The molecule has 0 aromatic heterocycles. The Hall–Kier alpha value is -1.09. The largest absolute Gasteiger partial charge is 0.366 e. The van der Waals surface area contributed by atoms with E-state index in [1.165, 1.54) is 11.1 Å². The van der Waals surface area contributed by atoms with Gasteiger partial charge in [-0.05, 0) is 35.2 Å². The summed E-state index contributed by atoms with van der Waals surface area (Å²) in [5.41, 5.74) is 3.79. The molecule has 0 bridgehead atoms.